The fraction of sp³-hybridized carbons (Fsp3) is 0.833. The van der Waals surface area contributed by atoms with Gasteiger partial charge in [-0.1, -0.05) is 6.92 Å². The predicted molar refractivity (Wildman–Crippen MR) is 60.9 cm³/mol. The van der Waals surface area contributed by atoms with Gasteiger partial charge in [0.25, 0.3) is 0 Å². The van der Waals surface area contributed by atoms with Crippen LogP contribution in [0.2, 0.25) is 0 Å². The molecule has 4 heteroatoms. The van der Waals surface area contributed by atoms with E-state index in [-0.39, 0.29) is 0 Å². The third-order valence-corrected chi connectivity index (χ3v) is 1.89. The Morgan fingerprint density at radius 2 is 1.50 bits per heavy atom. The summed E-state index contributed by atoms with van der Waals surface area (Å²) in [6.07, 6.45) is 0.745. The van der Waals surface area contributed by atoms with Crippen molar-refractivity contribution >= 4 is 11.9 Å². The lowest BCUT2D eigenvalue weighted by molar-refractivity contribution is -0.183. The number of hydrogen-bond donors (Lipinski definition) is 0. The van der Waals surface area contributed by atoms with Crippen LogP contribution in [0, 0.1) is 5.41 Å². The van der Waals surface area contributed by atoms with Gasteiger partial charge in [0.05, 0.1) is 12.0 Å². The first kappa shape index (κ1) is 14.9. The summed E-state index contributed by atoms with van der Waals surface area (Å²) < 4.78 is 10.1. The summed E-state index contributed by atoms with van der Waals surface area (Å²) in [7, 11) is 0. The molecule has 0 rings (SSSR count). The standard InChI is InChI=1S/C12H22O4/c1-7-8-15-10(14)12(5,6)16-9(13)11(2,3)4/h7-8H2,1-6H3. The maximum atomic E-state index is 11.6. The minimum absolute atomic E-state index is 0.343. The van der Waals surface area contributed by atoms with Gasteiger partial charge in [-0.2, -0.15) is 0 Å². The lowest BCUT2D eigenvalue weighted by atomic mass is 9.97. The zero-order chi connectivity index (χ0) is 13.0. The number of carbonyl (C=O) groups excluding carboxylic acids is 2. The van der Waals surface area contributed by atoms with Crippen LogP contribution in [0.1, 0.15) is 48.0 Å². The second kappa shape index (κ2) is 5.32. The van der Waals surface area contributed by atoms with Gasteiger partial charge in [0, 0.05) is 0 Å². The minimum atomic E-state index is -1.22. The SMILES string of the molecule is CCCOC(=O)C(C)(C)OC(=O)C(C)(C)C. The van der Waals surface area contributed by atoms with E-state index in [2.05, 4.69) is 0 Å². The molecule has 0 fully saturated rings. The zero-order valence-corrected chi connectivity index (χ0v) is 11.0. The Hall–Kier alpha value is -1.06. The van der Waals surface area contributed by atoms with Crippen LogP contribution in [0.5, 0.6) is 0 Å². The summed E-state index contributed by atoms with van der Waals surface area (Å²) in [4.78, 5) is 23.2. The van der Waals surface area contributed by atoms with Gasteiger partial charge < -0.3 is 9.47 Å². The van der Waals surface area contributed by atoms with E-state index in [4.69, 9.17) is 9.47 Å². The third kappa shape index (κ3) is 4.64. The van der Waals surface area contributed by atoms with E-state index in [1.54, 1.807) is 20.8 Å². The Morgan fingerprint density at radius 1 is 1.00 bits per heavy atom. The van der Waals surface area contributed by atoms with E-state index in [1.165, 1.54) is 13.8 Å². The van der Waals surface area contributed by atoms with Gasteiger partial charge in [-0.15, -0.1) is 0 Å². The number of hydrogen-bond acceptors (Lipinski definition) is 4. The van der Waals surface area contributed by atoms with E-state index >= 15 is 0 Å². The molecule has 4 nitrogen and oxygen atoms in total. The molecule has 94 valence electrons. The largest absolute Gasteiger partial charge is 0.463 e. The summed E-state index contributed by atoms with van der Waals surface area (Å²) in [6.45, 7) is 10.5. The van der Waals surface area contributed by atoms with Crippen LogP contribution in [-0.4, -0.2) is 24.1 Å². The molecule has 0 spiro atoms. The van der Waals surface area contributed by atoms with E-state index < -0.39 is 23.0 Å². The molecule has 0 amide bonds. The zero-order valence-electron chi connectivity index (χ0n) is 11.0. The number of ether oxygens (including phenoxy) is 2. The van der Waals surface area contributed by atoms with Crippen LogP contribution < -0.4 is 0 Å². The topological polar surface area (TPSA) is 52.6 Å². The number of esters is 2. The summed E-state index contributed by atoms with van der Waals surface area (Å²) >= 11 is 0. The molecule has 0 aromatic carbocycles. The Kier molecular flexibility index (Phi) is 4.97. The van der Waals surface area contributed by atoms with Gasteiger partial charge >= 0.3 is 11.9 Å². The highest BCUT2D eigenvalue weighted by atomic mass is 16.6. The van der Waals surface area contributed by atoms with E-state index in [0.717, 1.165) is 6.42 Å². The average molecular weight is 230 g/mol. The molecule has 0 aliphatic rings. The molecule has 0 unspecified atom stereocenters. The highest BCUT2D eigenvalue weighted by Gasteiger charge is 2.37. The molecule has 0 aromatic rings. The molecule has 0 radical (unpaired) electrons. The average Bonchev–Trinajstić information content (AvgIpc) is 2.11. The van der Waals surface area contributed by atoms with Gasteiger partial charge in [0.15, 0.2) is 0 Å². The molecule has 0 heterocycles. The first-order chi connectivity index (χ1) is 7.11. The first-order valence-electron chi connectivity index (χ1n) is 5.52. The second-order valence-corrected chi connectivity index (χ2v) is 5.29. The third-order valence-electron chi connectivity index (χ3n) is 1.89. The van der Waals surface area contributed by atoms with Crippen molar-refractivity contribution in [2.24, 2.45) is 5.41 Å². The first-order valence-corrected chi connectivity index (χ1v) is 5.52. The number of carbonyl (C=O) groups is 2. The Balaban J connectivity index is 4.45. The van der Waals surface area contributed by atoms with Crippen molar-refractivity contribution in [1.29, 1.82) is 0 Å². The van der Waals surface area contributed by atoms with Gasteiger partial charge in [-0.3, -0.25) is 4.79 Å². The van der Waals surface area contributed by atoms with Crippen LogP contribution >= 0.6 is 0 Å². The van der Waals surface area contributed by atoms with Crippen LogP contribution in [0.15, 0.2) is 0 Å². The molecule has 0 saturated carbocycles. The molecular weight excluding hydrogens is 208 g/mol. The summed E-state index contributed by atoms with van der Waals surface area (Å²) in [5.74, 6) is -0.919. The molecular formula is C12H22O4. The fourth-order valence-corrected chi connectivity index (χ4v) is 0.795. The lowest BCUT2D eigenvalue weighted by Gasteiger charge is -2.27. The van der Waals surface area contributed by atoms with Gasteiger partial charge in [-0.05, 0) is 41.0 Å². The van der Waals surface area contributed by atoms with Crippen molar-refractivity contribution < 1.29 is 19.1 Å². The van der Waals surface area contributed by atoms with Crippen molar-refractivity contribution in [2.45, 2.75) is 53.6 Å². The molecule has 0 N–H and O–H groups in total. The van der Waals surface area contributed by atoms with Crippen LogP contribution in [0.4, 0.5) is 0 Å². The van der Waals surface area contributed by atoms with E-state index in [9.17, 15) is 9.59 Å². The van der Waals surface area contributed by atoms with Crippen molar-refractivity contribution in [2.75, 3.05) is 6.61 Å². The summed E-state index contributed by atoms with van der Waals surface area (Å²) in [5.41, 5.74) is -1.85. The lowest BCUT2D eigenvalue weighted by Crippen LogP contribution is -2.41. The Bertz CT molecular complexity index is 261. The smallest absolute Gasteiger partial charge is 0.350 e. The normalized spacial score (nSPS) is 12.1. The molecule has 0 aliphatic carbocycles. The van der Waals surface area contributed by atoms with Crippen molar-refractivity contribution in [3.63, 3.8) is 0 Å². The van der Waals surface area contributed by atoms with Crippen molar-refractivity contribution in [3.05, 3.63) is 0 Å². The van der Waals surface area contributed by atoms with Crippen LogP contribution in [-0.2, 0) is 19.1 Å². The Morgan fingerprint density at radius 3 is 1.88 bits per heavy atom. The highest BCUT2D eigenvalue weighted by Crippen LogP contribution is 2.21. The monoisotopic (exact) mass is 230 g/mol. The molecule has 0 saturated heterocycles. The van der Waals surface area contributed by atoms with Gasteiger partial charge in [0.2, 0.25) is 5.60 Å². The maximum Gasteiger partial charge on any atom is 0.350 e. The molecule has 0 aromatic heterocycles. The van der Waals surface area contributed by atoms with Crippen LogP contribution in [0.3, 0.4) is 0 Å². The molecule has 0 atom stereocenters. The van der Waals surface area contributed by atoms with Gasteiger partial charge in [-0.25, -0.2) is 4.79 Å². The molecule has 16 heavy (non-hydrogen) atoms. The molecule has 0 bridgehead atoms. The fourth-order valence-electron chi connectivity index (χ4n) is 0.795. The predicted octanol–water partition coefficient (Wildman–Crippen LogP) is 2.31. The van der Waals surface area contributed by atoms with Crippen LogP contribution in [0.25, 0.3) is 0 Å². The maximum absolute atomic E-state index is 11.6. The van der Waals surface area contributed by atoms with Gasteiger partial charge in [0.1, 0.15) is 0 Å². The highest BCUT2D eigenvalue weighted by molar-refractivity contribution is 5.84. The van der Waals surface area contributed by atoms with E-state index in [1.807, 2.05) is 6.92 Å². The summed E-state index contributed by atoms with van der Waals surface area (Å²) in [6, 6.07) is 0. The second-order valence-electron chi connectivity index (χ2n) is 5.29. The van der Waals surface area contributed by atoms with Crippen molar-refractivity contribution in [1.82, 2.24) is 0 Å². The molecule has 0 aliphatic heterocycles. The minimum Gasteiger partial charge on any atom is -0.463 e. The Labute approximate surface area is 97.3 Å². The number of rotatable bonds is 4. The van der Waals surface area contributed by atoms with E-state index in [0.29, 0.717) is 6.61 Å². The summed E-state index contributed by atoms with van der Waals surface area (Å²) in [5, 5.41) is 0. The quantitative estimate of drug-likeness (QED) is 0.695. The van der Waals surface area contributed by atoms with Crippen molar-refractivity contribution in [3.8, 4) is 0 Å².